The van der Waals surface area contributed by atoms with E-state index in [-0.39, 0.29) is 6.61 Å². The second-order valence-corrected chi connectivity index (χ2v) is 3.76. The Hall–Kier alpha value is -0.200. The summed E-state index contributed by atoms with van der Waals surface area (Å²) in [6.45, 7) is 6.93. The predicted octanol–water partition coefficient (Wildman–Crippen LogP) is -0.266. The molecule has 0 aliphatic carbocycles. The van der Waals surface area contributed by atoms with E-state index in [1.807, 2.05) is 0 Å². The van der Waals surface area contributed by atoms with E-state index in [1.54, 1.807) is 0 Å². The van der Waals surface area contributed by atoms with Crippen molar-refractivity contribution in [1.29, 1.82) is 0 Å². The summed E-state index contributed by atoms with van der Waals surface area (Å²) in [7, 11) is 0. The molecule has 0 radical (unpaired) electrons. The molecule has 0 bridgehead atoms. The molecule has 16 heavy (non-hydrogen) atoms. The number of hydrogen-bond acceptors (Lipinski definition) is 5. The highest BCUT2D eigenvalue weighted by atomic mass is 16.5. The molecule has 1 aliphatic rings. The summed E-state index contributed by atoms with van der Waals surface area (Å²) in [6.07, 6.45) is 0.809. The van der Waals surface area contributed by atoms with Crippen LogP contribution < -0.4 is 0 Å². The minimum atomic E-state index is 0.242. The van der Waals surface area contributed by atoms with E-state index in [1.165, 1.54) is 0 Å². The lowest BCUT2D eigenvalue weighted by Gasteiger charge is -2.22. The second-order valence-electron chi connectivity index (χ2n) is 3.76. The van der Waals surface area contributed by atoms with E-state index >= 15 is 0 Å². The Kier molecular flexibility index (Phi) is 8.65. The Morgan fingerprint density at radius 2 is 1.31 bits per heavy atom. The quantitative estimate of drug-likeness (QED) is 0.727. The molecule has 1 fully saturated rings. The van der Waals surface area contributed by atoms with E-state index in [9.17, 15) is 0 Å². The van der Waals surface area contributed by atoms with Crippen molar-refractivity contribution in [3.05, 3.63) is 0 Å². The zero-order chi connectivity index (χ0) is 11.5. The summed E-state index contributed by atoms with van der Waals surface area (Å²) in [6, 6.07) is 0. The van der Waals surface area contributed by atoms with Crippen LogP contribution in [0.2, 0.25) is 0 Å². The Balaban J connectivity index is 2.19. The fourth-order valence-electron chi connectivity index (χ4n) is 1.56. The molecule has 0 atom stereocenters. The number of hydrogen-bond donors (Lipinski definition) is 1. The highest BCUT2D eigenvalue weighted by molar-refractivity contribution is 4.57. The van der Waals surface area contributed by atoms with Crippen LogP contribution in [0, 0.1) is 0 Å². The molecule has 1 aliphatic heterocycles. The molecular formula is C11H23NO4. The Morgan fingerprint density at radius 1 is 0.812 bits per heavy atom. The van der Waals surface area contributed by atoms with Crippen LogP contribution in [0.3, 0.4) is 0 Å². The van der Waals surface area contributed by atoms with E-state index in [0.29, 0.717) is 26.4 Å². The Morgan fingerprint density at radius 3 is 1.81 bits per heavy atom. The molecule has 5 heteroatoms. The van der Waals surface area contributed by atoms with Crippen molar-refractivity contribution in [3.63, 3.8) is 0 Å². The average Bonchev–Trinajstić information content (AvgIpc) is 2.28. The van der Waals surface area contributed by atoms with Gasteiger partial charge < -0.3 is 19.3 Å². The Labute approximate surface area is 97.3 Å². The molecule has 1 N–H and O–H groups in total. The molecule has 0 aromatic rings. The van der Waals surface area contributed by atoms with Gasteiger partial charge in [-0.25, -0.2) is 0 Å². The van der Waals surface area contributed by atoms with Gasteiger partial charge in [0.25, 0.3) is 0 Å². The Bertz CT molecular complexity index is 145. The summed E-state index contributed by atoms with van der Waals surface area (Å²) in [5.41, 5.74) is 0. The molecule has 0 aromatic carbocycles. The summed E-state index contributed by atoms with van der Waals surface area (Å²) in [4.78, 5) is 2.26. The van der Waals surface area contributed by atoms with Crippen LogP contribution in [0.5, 0.6) is 0 Å². The summed E-state index contributed by atoms with van der Waals surface area (Å²) >= 11 is 0. The number of ether oxygens (including phenoxy) is 3. The largest absolute Gasteiger partial charge is 0.396 e. The fourth-order valence-corrected chi connectivity index (χ4v) is 1.56. The zero-order valence-corrected chi connectivity index (χ0v) is 9.90. The maximum Gasteiger partial charge on any atom is 0.0701 e. The number of aliphatic hydroxyl groups excluding tert-OH is 1. The molecule has 5 nitrogen and oxygen atoms in total. The predicted molar refractivity (Wildman–Crippen MR) is 60.6 cm³/mol. The molecule has 1 saturated heterocycles. The SMILES string of the molecule is OCCCN1CCOCCOCCOCC1. The minimum Gasteiger partial charge on any atom is -0.396 e. The fraction of sp³-hybridized carbons (Fsp3) is 1.00. The third-order valence-electron chi connectivity index (χ3n) is 2.48. The molecule has 0 spiro atoms. The first-order chi connectivity index (χ1) is 7.93. The van der Waals surface area contributed by atoms with Crippen molar-refractivity contribution < 1.29 is 19.3 Å². The van der Waals surface area contributed by atoms with Crippen LogP contribution in [0.15, 0.2) is 0 Å². The van der Waals surface area contributed by atoms with Crippen LogP contribution in [-0.4, -0.2) is 75.9 Å². The van der Waals surface area contributed by atoms with Gasteiger partial charge in [0, 0.05) is 26.2 Å². The molecule has 1 rings (SSSR count). The average molecular weight is 233 g/mol. The lowest BCUT2D eigenvalue weighted by molar-refractivity contribution is -0.00636. The lowest BCUT2D eigenvalue weighted by atomic mass is 10.4. The van der Waals surface area contributed by atoms with Crippen molar-refractivity contribution in [1.82, 2.24) is 4.90 Å². The van der Waals surface area contributed by atoms with E-state index in [0.717, 1.165) is 39.3 Å². The van der Waals surface area contributed by atoms with Gasteiger partial charge >= 0.3 is 0 Å². The van der Waals surface area contributed by atoms with Gasteiger partial charge in [-0.05, 0) is 6.42 Å². The normalized spacial score (nSPS) is 22.3. The van der Waals surface area contributed by atoms with Gasteiger partial charge in [-0.3, -0.25) is 4.90 Å². The van der Waals surface area contributed by atoms with Crippen molar-refractivity contribution in [2.24, 2.45) is 0 Å². The van der Waals surface area contributed by atoms with Gasteiger partial charge in [-0.2, -0.15) is 0 Å². The lowest BCUT2D eigenvalue weighted by Crippen LogP contribution is -2.33. The number of nitrogens with zero attached hydrogens (tertiary/aromatic N) is 1. The first-order valence-electron chi connectivity index (χ1n) is 6.00. The number of rotatable bonds is 3. The third kappa shape index (κ3) is 7.14. The van der Waals surface area contributed by atoms with Gasteiger partial charge in [0.1, 0.15) is 0 Å². The standard InChI is InChI=1S/C11H23NO4/c13-5-1-2-12-3-6-14-8-10-16-11-9-15-7-4-12/h13H,1-11H2. The minimum absolute atomic E-state index is 0.242. The van der Waals surface area contributed by atoms with Crippen LogP contribution in [0.1, 0.15) is 6.42 Å². The van der Waals surface area contributed by atoms with Crippen LogP contribution in [0.25, 0.3) is 0 Å². The van der Waals surface area contributed by atoms with E-state index in [4.69, 9.17) is 19.3 Å². The summed E-state index contributed by atoms with van der Waals surface area (Å²) in [5.74, 6) is 0. The van der Waals surface area contributed by atoms with Crippen molar-refractivity contribution >= 4 is 0 Å². The highest BCUT2D eigenvalue weighted by Gasteiger charge is 2.05. The van der Waals surface area contributed by atoms with Crippen LogP contribution in [0.4, 0.5) is 0 Å². The topological polar surface area (TPSA) is 51.2 Å². The van der Waals surface area contributed by atoms with Gasteiger partial charge in [0.2, 0.25) is 0 Å². The molecule has 0 amide bonds. The summed E-state index contributed by atoms with van der Waals surface area (Å²) in [5, 5.41) is 8.80. The smallest absolute Gasteiger partial charge is 0.0701 e. The van der Waals surface area contributed by atoms with Gasteiger partial charge in [0.15, 0.2) is 0 Å². The number of aliphatic hydroxyl groups is 1. The second kappa shape index (κ2) is 9.99. The van der Waals surface area contributed by atoms with E-state index < -0.39 is 0 Å². The molecule has 0 unspecified atom stereocenters. The maximum atomic E-state index is 8.80. The molecular weight excluding hydrogens is 210 g/mol. The molecule has 96 valence electrons. The monoisotopic (exact) mass is 233 g/mol. The van der Waals surface area contributed by atoms with E-state index in [2.05, 4.69) is 4.90 Å². The first kappa shape index (κ1) is 13.9. The molecule has 1 heterocycles. The van der Waals surface area contributed by atoms with Crippen LogP contribution >= 0.6 is 0 Å². The third-order valence-corrected chi connectivity index (χ3v) is 2.48. The van der Waals surface area contributed by atoms with Crippen molar-refractivity contribution in [2.45, 2.75) is 6.42 Å². The van der Waals surface area contributed by atoms with Crippen molar-refractivity contribution in [2.75, 3.05) is 65.9 Å². The van der Waals surface area contributed by atoms with Gasteiger partial charge in [-0.1, -0.05) is 0 Å². The van der Waals surface area contributed by atoms with Crippen molar-refractivity contribution in [3.8, 4) is 0 Å². The summed E-state index contributed by atoms with van der Waals surface area (Å²) < 4.78 is 16.2. The zero-order valence-electron chi connectivity index (χ0n) is 9.90. The molecule has 0 aromatic heterocycles. The maximum absolute atomic E-state index is 8.80. The van der Waals surface area contributed by atoms with Gasteiger partial charge in [-0.15, -0.1) is 0 Å². The van der Waals surface area contributed by atoms with Crippen LogP contribution in [-0.2, 0) is 14.2 Å². The highest BCUT2D eigenvalue weighted by Crippen LogP contribution is 1.94. The van der Waals surface area contributed by atoms with Gasteiger partial charge in [0.05, 0.1) is 39.6 Å². The molecule has 0 saturated carbocycles. The first-order valence-corrected chi connectivity index (χ1v) is 6.00.